The molecule has 0 amide bonds. The van der Waals surface area contributed by atoms with Gasteiger partial charge in [-0.25, -0.2) is 13.1 Å². The summed E-state index contributed by atoms with van der Waals surface area (Å²) in [7, 11) is -2.98. The van der Waals surface area contributed by atoms with E-state index in [4.69, 9.17) is 0 Å². The predicted octanol–water partition coefficient (Wildman–Crippen LogP) is -1.22. The molecule has 0 spiro atoms. The van der Waals surface area contributed by atoms with Gasteiger partial charge in [0.05, 0.1) is 0 Å². The third kappa shape index (κ3) is 2.01. The molecular weight excluding hydrogens is 121 g/mol. The average molecular weight is 127 g/mol. The molecule has 1 aliphatic rings. The first kappa shape index (κ1) is 8.25. The average Bonchev–Trinajstić information content (AvgIpc) is 1.84. The van der Waals surface area contributed by atoms with E-state index in [9.17, 15) is 8.42 Å². The Labute approximate surface area is 60.4 Å². The molecule has 0 saturated heterocycles. The van der Waals surface area contributed by atoms with Crippen LogP contribution < -0.4 is 4.72 Å². The van der Waals surface area contributed by atoms with E-state index < -0.39 is 10.0 Å². The van der Waals surface area contributed by atoms with E-state index in [0.717, 1.165) is 5.41 Å². The molecule has 3 nitrogen and oxygen atoms in total. The number of sulfonamides is 1. The Morgan fingerprint density at radius 1 is 1.50 bits per heavy atom. The van der Waals surface area contributed by atoms with Crippen LogP contribution in [0.5, 0.6) is 0 Å². The van der Waals surface area contributed by atoms with Crippen molar-refractivity contribution >= 4 is 28.9 Å². The van der Waals surface area contributed by atoms with Gasteiger partial charge in [-0.05, 0) is 0 Å². The zero-order valence-electron chi connectivity index (χ0n) is 3.59. The molecule has 0 radical (unpaired) electrons. The molecule has 0 aromatic heterocycles. The molecule has 0 bridgehead atoms. The minimum atomic E-state index is -2.98. The summed E-state index contributed by atoms with van der Waals surface area (Å²) in [6, 6.07) is 0. The summed E-state index contributed by atoms with van der Waals surface area (Å²) in [4.78, 5) is 0. The van der Waals surface area contributed by atoms with Crippen LogP contribution in [0.15, 0.2) is 11.5 Å². The first-order valence-corrected chi connectivity index (χ1v) is 3.41. The Morgan fingerprint density at radius 2 is 2.12 bits per heavy atom. The maximum absolute atomic E-state index is 10.2. The van der Waals surface area contributed by atoms with Gasteiger partial charge in [-0.15, -0.1) is 0 Å². The summed E-state index contributed by atoms with van der Waals surface area (Å²) < 4.78 is 22.7. The van der Waals surface area contributed by atoms with E-state index >= 15 is 0 Å². The predicted molar refractivity (Wildman–Crippen MR) is 33.2 cm³/mol. The van der Waals surface area contributed by atoms with Crippen molar-refractivity contribution in [1.29, 1.82) is 0 Å². The fourth-order valence-corrected chi connectivity index (χ4v) is 1.16. The van der Waals surface area contributed by atoms with Gasteiger partial charge in [-0.1, -0.05) is 6.08 Å². The fourth-order valence-electron chi connectivity index (χ4n) is 0.387. The second-order valence-electron chi connectivity index (χ2n) is 1.27. The van der Waals surface area contributed by atoms with Crippen LogP contribution in [0.4, 0.5) is 0 Å². The second kappa shape index (κ2) is 2.69. The van der Waals surface area contributed by atoms with Crippen LogP contribution in [-0.2, 0) is 10.0 Å². The summed E-state index contributed by atoms with van der Waals surface area (Å²) in [5.74, 6) is 0. The van der Waals surface area contributed by atoms with E-state index in [2.05, 4.69) is 4.72 Å². The molecule has 1 heterocycles. The first-order chi connectivity index (χ1) is 3.21. The van der Waals surface area contributed by atoms with Crippen LogP contribution in [0.3, 0.4) is 0 Å². The summed E-state index contributed by atoms with van der Waals surface area (Å²) in [6.07, 6.45) is 1.56. The van der Waals surface area contributed by atoms with Gasteiger partial charge in [-0.2, -0.15) is 0 Å². The first-order valence-electron chi connectivity index (χ1n) is 1.87. The van der Waals surface area contributed by atoms with E-state index in [1.807, 2.05) is 0 Å². The fraction of sp³-hybridized carbons (Fsp3) is 0.333. The Morgan fingerprint density at radius 3 is 2.25 bits per heavy atom. The Balaban J connectivity index is 0.000000490. The summed E-state index contributed by atoms with van der Waals surface area (Å²) in [5, 5.41) is 1.16. The summed E-state index contributed by atoms with van der Waals surface area (Å²) >= 11 is 0. The van der Waals surface area contributed by atoms with Crippen molar-refractivity contribution in [1.82, 2.24) is 4.72 Å². The van der Waals surface area contributed by atoms with Crippen LogP contribution >= 0.6 is 0 Å². The molecule has 1 aliphatic heterocycles. The van der Waals surface area contributed by atoms with E-state index in [0.29, 0.717) is 6.54 Å². The van der Waals surface area contributed by atoms with Gasteiger partial charge in [0.15, 0.2) is 0 Å². The van der Waals surface area contributed by atoms with Crippen molar-refractivity contribution in [3.05, 3.63) is 11.5 Å². The molecule has 0 saturated carbocycles. The van der Waals surface area contributed by atoms with Gasteiger partial charge in [0, 0.05) is 12.0 Å². The molecule has 1 rings (SSSR count). The number of rotatable bonds is 0. The molecule has 0 aromatic carbocycles. The van der Waals surface area contributed by atoms with Crippen molar-refractivity contribution < 1.29 is 8.42 Å². The number of hydrogen-bond acceptors (Lipinski definition) is 2. The molecule has 8 heavy (non-hydrogen) atoms. The molecule has 0 atom stereocenters. The van der Waals surface area contributed by atoms with Gasteiger partial charge in [0.1, 0.15) is 0 Å². The summed E-state index contributed by atoms with van der Waals surface area (Å²) in [5.41, 5.74) is 0. The molecule has 0 unspecified atom stereocenters. The molecule has 0 aromatic rings. The van der Waals surface area contributed by atoms with E-state index in [1.54, 1.807) is 6.08 Å². The van der Waals surface area contributed by atoms with Crippen molar-refractivity contribution in [2.45, 2.75) is 0 Å². The molecule has 42 valence electrons. The van der Waals surface area contributed by atoms with Crippen molar-refractivity contribution in [3.63, 3.8) is 0 Å². The quantitative estimate of drug-likeness (QED) is 0.415. The minimum absolute atomic E-state index is 0. The monoisotopic (exact) mass is 127 g/mol. The van der Waals surface area contributed by atoms with Crippen LogP contribution in [-0.4, -0.2) is 33.8 Å². The Hall–Kier alpha value is 0.247. The van der Waals surface area contributed by atoms with E-state index in [-0.39, 0.29) is 18.9 Å². The Bertz CT molecular complexity index is 183. The van der Waals surface area contributed by atoms with Gasteiger partial charge < -0.3 is 0 Å². The SMILES string of the molecule is O=S1(=O)C=CCN1.[LiH]. The maximum atomic E-state index is 10.2. The third-order valence-corrected chi connectivity index (χ3v) is 1.80. The van der Waals surface area contributed by atoms with Gasteiger partial charge in [-0.3, -0.25) is 0 Å². The molecular formula is C3H6LiNO2S. The standard InChI is InChI=1S/C3H5NO2S.Li.H/c5-7(6)3-1-2-4-7;;/h1,3-4H,2H2;;. The number of nitrogens with one attached hydrogen (secondary N) is 1. The van der Waals surface area contributed by atoms with Crippen molar-refractivity contribution in [2.75, 3.05) is 6.54 Å². The van der Waals surface area contributed by atoms with Gasteiger partial charge >= 0.3 is 18.9 Å². The van der Waals surface area contributed by atoms with Crippen molar-refractivity contribution in [2.24, 2.45) is 0 Å². The zero-order chi connectivity index (χ0) is 5.33. The molecule has 1 N–H and O–H groups in total. The van der Waals surface area contributed by atoms with Crippen molar-refractivity contribution in [3.8, 4) is 0 Å². The summed E-state index contributed by atoms with van der Waals surface area (Å²) in [6.45, 7) is 0.447. The van der Waals surface area contributed by atoms with Gasteiger partial charge in [0.25, 0.3) is 0 Å². The van der Waals surface area contributed by atoms with E-state index in [1.165, 1.54) is 0 Å². The molecule has 5 heteroatoms. The Kier molecular flexibility index (Phi) is 2.78. The normalized spacial score (nSPS) is 22.5. The molecule has 0 aliphatic carbocycles. The topological polar surface area (TPSA) is 46.2 Å². The van der Waals surface area contributed by atoms with Crippen LogP contribution in [0.1, 0.15) is 0 Å². The van der Waals surface area contributed by atoms with Crippen LogP contribution in [0.2, 0.25) is 0 Å². The molecule has 0 fully saturated rings. The third-order valence-electron chi connectivity index (χ3n) is 0.678. The van der Waals surface area contributed by atoms with Crippen LogP contribution in [0, 0.1) is 0 Å². The number of hydrogen-bond donors (Lipinski definition) is 1. The van der Waals surface area contributed by atoms with Crippen LogP contribution in [0.25, 0.3) is 0 Å². The van der Waals surface area contributed by atoms with Gasteiger partial charge in [0.2, 0.25) is 10.0 Å². The zero-order valence-corrected chi connectivity index (χ0v) is 4.40. The second-order valence-corrected chi connectivity index (χ2v) is 2.92.